The number of carbonyl (C=O) groups is 2. The second-order valence-corrected chi connectivity index (χ2v) is 9.28. The van der Waals surface area contributed by atoms with Crippen molar-refractivity contribution in [2.45, 2.75) is 31.8 Å². The summed E-state index contributed by atoms with van der Waals surface area (Å²) in [6.07, 6.45) is -0.623. The van der Waals surface area contributed by atoms with Gasteiger partial charge in [-0.2, -0.15) is 0 Å². The molecule has 37 heavy (non-hydrogen) atoms. The van der Waals surface area contributed by atoms with E-state index in [2.05, 4.69) is 5.32 Å². The van der Waals surface area contributed by atoms with Crippen LogP contribution in [0.1, 0.15) is 36.0 Å². The summed E-state index contributed by atoms with van der Waals surface area (Å²) in [5.41, 5.74) is 2.39. The molecule has 2 atom stereocenters. The maximum atomic E-state index is 13.9. The van der Waals surface area contributed by atoms with E-state index in [4.69, 9.17) is 0 Å². The lowest BCUT2D eigenvalue weighted by Gasteiger charge is -2.46. The Morgan fingerprint density at radius 1 is 0.973 bits per heavy atom. The van der Waals surface area contributed by atoms with Crippen LogP contribution in [0.2, 0.25) is 0 Å². The van der Waals surface area contributed by atoms with Crippen LogP contribution >= 0.6 is 0 Å². The van der Waals surface area contributed by atoms with E-state index >= 15 is 0 Å². The zero-order valence-corrected chi connectivity index (χ0v) is 20.7. The second-order valence-electron chi connectivity index (χ2n) is 9.28. The van der Waals surface area contributed by atoms with Gasteiger partial charge in [-0.15, -0.1) is 0 Å². The molecule has 6 nitrogen and oxygen atoms in total. The van der Waals surface area contributed by atoms with E-state index in [1.807, 2.05) is 37.3 Å². The summed E-state index contributed by atoms with van der Waals surface area (Å²) < 4.78 is 27.7. The molecule has 4 rings (SSSR count). The predicted octanol–water partition coefficient (Wildman–Crippen LogP) is 5.70. The van der Waals surface area contributed by atoms with Crippen molar-refractivity contribution in [3.63, 3.8) is 0 Å². The molecule has 3 aromatic carbocycles. The van der Waals surface area contributed by atoms with Crippen molar-refractivity contribution in [3.8, 4) is 0 Å². The molecule has 2 N–H and O–H groups in total. The lowest BCUT2D eigenvalue weighted by Crippen LogP contribution is -2.56. The van der Waals surface area contributed by atoms with Crippen LogP contribution in [0, 0.1) is 17.6 Å². The van der Waals surface area contributed by atoms with Crippen LogP contribution in [0.3, 0.4) is 0 Å². The minimum atomic E-state index is -1.05. The number of halogens is 2. The van der Waals surface area contributed by atoms with Crippen LogP contribution in [-0.2, 0) is 6.54 Å². The van der Waals surface area contributed by atoms with E-state index in [0.29, 0.717) is 19.5 Å². The third-order valence-corrected chi connectivity index (χ3v) is 6.96. The van der Waals surface area contributed by atoms with Gasteiger partial charge in [0.05, 0.1) is 0 Å². The van der Waals surface area contributed by atoms with Crippen LogP contribution < -0.4 is 5.32 Å². The molecule has 0 spiro atoms. The van der Waals surface area contributed by atoms with Crippen molar-refractivity contribution in [2.24, 2.45) is 5.92 Å². The fraction of sp³-hybridized carbons (Fsp3) is 0.310. The maximum Gasteiger partial charge on any atom is 0.407 e. The Morgan fingerprint density at radius 3 is 2.05 bits per heavy atom. The molecule has 1 saturated heterocycles. The average Bonchev–Trinajstić information content (AvgIpc) is 2.90. The number of rotatable bonds is 7. The Hall–Kier alpha value is -3.94. The fourth-order valence-electron chi connectivity index (χ4n) is 5.27. The van der Waals surface area contributed by atoms with Crippen LogP contribution in [0.4, 0.5) is 18.4 Å². The number of hydrogen-bond donors (Lipinski definition) is 2. The molecule has 0 radical (unpaired) electrons. The van der Waals surface area contributed by atoms with E-state index < -0.39 is 18.1 Å². The molecule has 1 aliphatic heterocycles. The molecule has 8 heteroatoms. The minimum Gasteiger partial charge on any atom is -0.465 e. The van der Waals surface area contributed by atoms with Gasteiger partial charge < -0.3 is 20.2 Å². The van der Waals surface area contributed by atoms with Crippen molar-refractivity contribution in [1.82, 2.24) is 15.1 Å². The van der Waals surface area contributed by atoms with Crippen molar-refractivity contribution in [2.75, 3.05) is 19.6 Å². The highest BCUT2D eigenvalue weighted by Crippen LogP contribution is 2.40. The lowest BCUT2D eigenvalue weighted by molar-refractivity contribution is 0.0545. The molecular formula is C29H31F2N3O3. The third-order valence-electron chi connectivity index (χ3n) is 6.96. The van der Waals surface area contributed by atoms with E-state index in [9.17, 15) is 23.5 Å². The number of amides is 3. The molecule has 2 unspecified atom stereocenters. The van der Waals surface area contributed by atoms with E-state index in [1.165, 1.54) is 29.2 Å². The van der Waals surface area contributed by atoms with Gasteiger partial charge in [-0.25, -0.2) is 18.4 Å². The number of benzene rings is 3. The van der Waals surface area contributed by atoms with Gasteiger partial charge >= 0.3 is 12.1 Å². The zero-order chi connectivity index (χ0) is 26.4. The van der Waals surface area contributed by atoms with Gasteiger partial charge in [-0.1, -0.05) is 54.6 Å². The van der Waals surface area contributed by atoms with Crippen LogP contribution in [0.5, 0.6) is 0 Å². The topological polar surface area (TPSA) is 72.9 Å². The van der Waals surface area contributed by atoms with Crippen molar-refractivity contribution in [1.29, 1.82) is 0 Å². The first-order valence-corrected chi connectivity index (χ1v) is 12.4. The van der Waals surface area contributed by atoms with E-state index in [0.717, 1.165) is 16.7 Å². The Morgan fingerprint density at radius 2 is 1.54 bits per heavy atom. The monoisotopic (exact) mass is 507 g/mol. The average molecular weight is 508 g/mol. The third kappa shape index (κ3) is 6.25. The smallest absolute Gasteiger partial charge is 0.407 e. The summed E-state index contributed by atoms with van der Waals surface area (Å²) in [5, 5.41) is 13.1. The highest BCUT2D eigenvalue weighted by atomic mass is 19.1. The van der Waals surface area contributed by atoms with Gasteiger partial charge in [0, 0.05) is 44.1 Å². The molecular weight excluding hydrogens is 476 g/mol. The number of carbonyl (C=O) groups excluding carboxylic acids is 1. The highest BCUT2D eigenvalue weighted by Gasteiger charge is 2.42. The number of nitrogens with one attached hydrogen (secondary N) is 1. The first-order valence-electron chi connectivity index (χ1n) is 12.4. The van der Waals surface area contributed by atoms with Crippen molar-refractivity contribution in [3.05, 3.63) is 107 Å². The summed E-state index contributed by atoms with van der Waals surface area (Å²) in [5.74, 6) is -1.54. The molecule has 1 heterocycles. The molecule has 1 aliphatic rings. The number of nitrogens with zero attached hydrogens (tertiary/aromatic N) is 2. The number of piperidine rings is 1. The number of carboxylic acid groups (broad SMARTS) is 1. The molecule has 3 amide bonds. The Labute approximate surface area is 215 Å². The lowest BCUT2D eigenvalue weighted by atomic mass is 9.73. The number of urea groups is 1. The normalized spacial score (nSPS) is 17.5. The van der Waals surface area contributed by atoms with Gasteiger partial charge in [-0.05, 0) is 54.3 Å². The summed E-state index contributed by atoms with van der Waals surface area (Å²) >= 11 is 0. The fourth-order valence-corrected chi connectivity index (χ4v) is 5.27. The molecule has 1 fully saturated rings. The summed E-state index contributed by atoms with van der Waals surface area (Å²) in [6.45, 7) is 3.18. The quantitative estimate of drug-likeness (QED) is 0.431. The first-order chi connectivity index (χ1) is 17.9. The summed E-state index contributed by atoms with van der Waals surface area (Å²) in [4.78, 5) is 28.5. The Balaban J connectivity index is 1.79. The zero-order valence-electron chi connectivity index (χ0n) is 20.7. The second kappa shape index (κ2) is 11.9. The molecule has 0 aromatic heterocycles. The van der Waals surface area contributed by atoms with Gasteiger partial charge in [0.15, 0.2) is 0 Å². The number of hydrogen-bond acceptors (Lipinski definition) is 2. The van der Waals surface area contributed by atoms with Crippen molar-refractivity contribution < 1.29 is 23.5 Å². The first kappa shape index (κ1) is 26.1. The van der Waals surface area contributed by atoms with Crippen LogP contribution in [-0.4, -0.2) is 52.7 Å². The van der Waals surface area contributed by atoms with Crippen LogP contribution in [0.15, 0.2) is 78.9 Å². The highest BCUT2D eigenvalue weighted by molar-refractivity contribution is 5.74. The molecule has 0 bridgehead atoms. The minimum absolute atomic E-state index is 0.193. The standard InChI is InChI=1S/C29H31F2N3O3/c1-2-32-28(35)33-17-16-26(34(29(36)37)18-20-6-4-3-5-7-20)25(19-33)27(21-8-12-23(30)13-9-21)22-10-14-24(31)15-11-22/h3-15,25-27H,2,16-19H2,1H3,(H,32,35)(H,36,37). The maximum absolute atomic E-state index is 13.9. The predicted molar refractivity (Wildman–Crippen MR) is 137 cm³/mol. The summed E-state index contributed by atoms with van der Waals surface area (Å²) in [6, 6.07) is 20.9. The molecule has 194 valence electrons. The van der Waals surface area contributed by atoms with Crippen molar-refractivity contribution >= 4 is 12.1 Å². The van der Waals surface area contributed by atoms with Gasteiger partial charge in [-0.3, -0.25) is 0 Å². The number of likely N-dealkylation sites (tertiary alicyclic amines) is 1. The summed E-state index contributed by atoms with van der Waals surface area (Å²) in [7, 11) is 0. The molecule has 0 aliphatic carbocycles. The van der Waals surface area contributed by atoms with Crippen LogP contribution in [0.25, 0.3) is 0 Å². The Bertz CT molecular complexity index is 1140. The largest absolute Gasteiger partial charge is 0.465 e. The SMILES string of the molecule is CCNC(=O)N1CCC(N(Cc2ccccc2)C(=O)O)C(C(c2ccc(F)cc2)c2ccc(F)cc2)C1. The Kier molecular flexibility index (Phi) is 8.38. The van der Waals surface area contributed by atoms with Gasteiger partial charge in [0.1, 0.15) is 11.6 Å². The van der Waals surface area contributed by atoms with Gasteiger partial charge in [0.25, 0.3) is 0 Å². The molecule has 3 aromatic rings. The molecule has 0 saturated carbocycles. The van der Waals surface area contributed by atoms with E-state index in [-0.39, 0.29) is 36.7 Å². The van der Waals surface area contributed by atoms with Gasteiger partial charge in [0.2, 0.25) is 0 Å². The van der Waals surface area contributed by atoms with E-state index in [1.54, 1.807) is 29.2 Å².